The van der Waals surface area contributed by atoms with Crippen LogP contribution in [-0.2, 0) is 11.3 Å². The van der Waals surface area contributed by atoms with Crippen molar-refractivity contribution in [1.29, 1.82) is 5.26 Å². The number of nitrogens with two attached hydrogens (primary N) is 1. The molecular formula is C13H12FN5O. The molecule has 2 aromatic rings. The Morgan fingerprint density at radius 2 is 2.15 bits per heavy atom. The Labute approximate surface area is 114 Å². The summed E-state index contributed by atoms with van der Waals surface area (Å²) >= 11 is 0. The number of benzene rings is 1. The van der Waals surface area contributed by atoms with E-state index in [1.54, 1.807) is 6.92 Å². The quantitative estimate of drug-likeness (QED) is 0.883. The Hall–Kier alpha value is -2.88. The lowest BCUT2D eigenvalue weighted by atomic mass is 10.3. The first-order valence-corrected chi connectivity index (χ1v) is 5.79. The Morgan fingerprint density at radius 1 is 1.50 bits per heavy atom. The molecule has 6 nitrogen and oxygen atoms in total. The number of carbonyl (C=O) groups is 1. The molecule has 0 fully saturated rings. The molecule has 0 aliphatic carbocycles. The van der Waals surface area contributed by atoms with Gasteiger partial charge in [0, 0.05) is 5.69 Å². The van der Waals surface area contributed by atoms with Crippen LogP contribution in [0.2, 0.25) is 0 Å². The highest BCUT2D eigenvalue weighted by molar-refractivity contribution is 5.90. The van der Waals surface area contributed by atoms with E-state index in [2.05, 4.69) is 10.4 Å². The van der Waals surface area contributed by atoms with Gasteiger partial charge < -0.3 is 11.1 Å². The van der Waals surface area contributed by atoms with E-state index in [1.165, 1.54) is 28.9 Å². The summed E-state index contributed by atoms with van der Waals surface area (Å²) in [4.78, 5) is 11.8. The number of amides is 1. The fourth-order valence-electron chi connectivity index (χ4n) is 1.73. The molecule has 0 atom stereocenters. The Balaban J connectivity index is 2.09. The molecule has 7 heteroatoms. The molecule has 0 saturated carbocycles. The van der Waals surface area contributed by atoms with Crippen LogP contribution in [0.25, 0.3) is 0 Å². The maximum atomic E-state index is 12.7. The number of hydrogen-bond acceptors (Lipinski definition) is 4. The fourth-order valence-corrected chi connectivity index (χ4v) is 1.73. The molecular weight excluding hydrogens is 261 g/mol. The number of rotatable bonds is 3. The van der Waals surface area contributed by atoms with E-state index in [-0.39, 0.29) is 29.7 Å². The van der Waals surface area contributed by atoms with Crippen molar-refractivity contribution in [2.45, 2.75) is 13.5 Å². The third-order valence-corrected chi connectivity index (χ3v) is 2.70. The minimum Gasteiger partial charge on any atom is -0.383 e. The van der Waals surface area contributed by atoms with Gasteiger partial charge in [0.15, 0.2) is 0 Å². The summed E-state index contributed by atoms with van der Waals surface area (Å²) in [6.45, 7) is 1.52. The van der Waals surface area contributed by atoms with Crippen molar-refractivity contribution in [3.8, 4) is 6.07 Å². The molecule has 0 unspecified atom stereocenters. The number of halogens is 1. The van der Waals surface area contributed by atoms with Gasteiger partial charge in [0.1, 0.15) is 29.8 Å². The van der Waals surface area contributed by atoms with Crippen LogP contribution in [0, 0.1) is 24.1 Å². The van der Waals surface area contributed by atoms with Crippen molar-refractivity contribution < 1.29 is 9.18 Å². The van der Waals surface area contributed by atoms with Crippen LogP contribution in [0.4, 0.5) is 15.9 Å². The van der Waals surface area contributed by atoms with Crippen molar-refractivity contribution >= 4 is 17.4 Å². The molecule has 0 aliphatic rings. The van der Waals surface area contributed by atoms with E-state index in [4.69, 9.17) is 11.0 Å². The largest absolute Gasteiger partial charge is 0.383 e. The number of anilines is 2. The van der Waals surface area contributed by atoms with Crippen molar-refractivity contribution in [2.75, 3.05) is 11.1 Å². The third-order valence-electron chi connectivity index (χ3n) is 2.70. The van der Waals surface area contributed by atoms with E-state index in [0.717, 1.165) is 0 Å². The number of carbonyl (C=O) groups excluding carboxylic acids is 1. The molecule has 1 aromatic carbocycles. The second-order valence-electron chi connectivity index (χ2n) is 4.17. The number of aromatic nitrogens is 2. The Bertz CT molecular complexity index is 684. The van der Waals surface area contributed by atoms with Crippen LogP contribution in [-0.4, -0.2) is 15.7 Å². The summed E-state index contributed by atoms with van der Waals surface area (Å²) in [7, 11) is 0. The summed E-state index contributed by atoms with van der Waals surface area (Å²) in [6, 6.07) is 7.32. The molecule has 1 aromatic heterocycles. The van der Waals surface area contributed by atoms with E-state index in [0.29, 0.717) is 11.4 Å². The normalized spacial score (nSPS) is 10.1. The molecule has 3 N–H and O–H groups in total. The summed E-state index contributed by atoms with van der Waals surface area (Å²) in [6.07, 6.45) is 0. The van der Waals surface area contributed by atoms with Gasteiger partial charge in [-0.3, -0.25) is 4.79 Å². The number of nitrogens with one attached hydrogen (secondary N) is 1. The Kier molecular flexibility index (Phi) is 3.66. The zero-order valence-electron chi connectivity index (χ0n) is 10.7. The van der Waals surface area contributed by atoms with Crippen LogP contribution < -0.4 is 11.1 Å². The molecule has 102 valence electrons. The first-order chi connectivity index (χ1) is 9.51. The first-order valence-electron chi connectivity index (χ1n) is 5.79. The van der Waals surface area contributed by atoms with Crippen LogP contribution in [0.5, 0.6) is 0 Å². The second-order valence-corrected chi connectivity index (χ2v) is 4.17. The maximum Gasteiger partial charge on any atom is 0.246 e. The average Bonchev–Trinajstić information content (AvgIpc) is 2.67. The molecule has 20 heavy (non-hydrogen) atoms. The lowest BCUT2D eigenvalue weighted by molar-refractivity contribution is -0.116. The van der Waals surface area contributed by atoms with E-state index in [1.807, 2.05) is 6.07 Å². The molecule has 1 amide bonds. The third kappa shape index (κ3) is 2.75. The Morgan fingerprint density at radius 3 is 2.70 bits per heavy atom. The number of hydrogen-bond donors (Lipinski definition) is 2. The van der Waals surface area contributed by atoms with Gasteiger partial charge in [-0.15, -0.1) is 0 Å². The van der Waals surface area contributed by atoms with Gasteiger partial charge in [-0.1, -0.05) is 0 Å². The molecule has 0 bridgehead atoms. The first kappa shape index (κ1) is 13.5. The minimum absolute atomic E-state index is 0.119. The predicted octanol–water partition coefficient (Wildman–Crippen LogP) is 1.42. The molecule has 2 rings (SSSR count). The van der Waals surface area contributed by atoms with Gasteiger partial charge in [-0.05, 0) is 31.2 Å². The van der Waals surface area contributed by atoms with Crippen LogP contribution in [0.1, 0.15) is 11.3 Å². The zero-order valence-corrected chi connectivity index (χ0v) is 10.7. The van der Waals surface area contributed by atoms with Gasteiger partial charge in [0.25, 0.3) is 0 Å². The van der Waals surface area contributed by atoms with Crippen molar-refractivity contribution in [1.82, 2.24) is 9.78 Å². The highest BCUT2D eigenvalue weighted by atomic mass is 19.1. The lowest BCUT2D eigenvalue weighted by Gasteiger charge is -2.06. The highest BCUT2D eigenvalue weighted by Crippen LogP contribution is 2.15. The highest BCUT2D eigenvalue weighted by Gasteiger charge is 2.14. The van der Waals surface area contributed by atoms with Gasteiger partial charge in [-0.25, -0.2) is 9.07 Å². The van der Waals surface area contributed by atoms with Gasteiger partial charge in [-0.2, -0.15) is 10.4 Å². The number of nitrogens with zero attached hydrogens (tertiary/aromatic N) is 3. The summed E-state index contributed by atoms with van der Waals surface area (Å²) in [5, 5.41) is 15.5. The van der Waals surface area contributed by atoms with Crippen LogP contribution in [0.3, 0.4) is 0 Å². The molecule has 0 aliphatic heterocycles. The second kappa shape index (κ2) is 5.40. The summed E-state index contributed by atoms with van der Waals surface area (Å²) in [5.74, 6) is -0.594. The molecule has 0 saturated heterocycles. The van der Waals surface area contributed by atoms with Gasteiger partial charge in [0.2, 0.25) is 5.91 Å². The lowest BCUT2D eigenvalue weighted by Crippen LogP contribution is -2.20. The molecule has 0 radical (unpaired) electrons. The number of nitriles is 1. The number of aryl methyl sites for hydroxylation is 1. The maximum absolute atomic E-state index is 12.7. The summed E-state index contributed by atoms with van der Waals surface area (Å²) in [5.41, 5.74) is 6.93. The zero-order chi connectivity index (χ0) is 14.7. The molecule has 0 spiro atoms. The van der Waals surface area contributed by atoms with E-state index in [9.17, 15) is 9.18 Å². The van der Waals surface area contributed by atoms with Crippen molar-refractivity contribution in [3.63, 3.8) is 0 Å². The van der Waals surface area contributed by atoms with Crippen molar-refractivity contribution in [3.05, 3.63) is 41.3 Å². The van der Waals surface area contributed by atoms with E-state index < -0.39 is 0 Å². The SMILES string of the molecule is Cc1nn(CC(=O)Nc2ccc(F)cc2)c(N)c1C#N. The number of nitrogen functional groups attached to an aromatic ring is 1. The monoisotopic (exact) mass is 273 g/mol. The van der Waals surface area contributed by atoms with Gasteiger partial charge >= 0.3 is 0 Å². The van der Waals surface area contributed by atoms with Gasteiger partial charge in [0.05, 0.1) is 5.69 Å². The van der Waals surface area contributed by atoms with E-state index >= 15 is 0 Å². The average molecular weight is 273 g/mol. The minimum atomic E-state index is -0.381. The smallest absolute Gasteiger partial charge is 0.246 e. The van der Waals surface area contributed by atoms with Crippen LogP contribution in [0.15, 0.2) is 24.3 Å². The van der Waals surface area contributed by atoms with Crippen molar-refractivity contribution in [2.24, 2.45) is 0 Å². The molecule has 1 heterocycles. The fraction of sp³-hybridized carbons (Fsp3) is 0.154. The van der Waals surface area contributed by atoms with Crippen LogP contribution >= 0.6 is 0 Å². The topological polar surface area (TPSA) is 96.7 Å². The summed E-state index contributed by atoms with van der Waals surface area (Å²) < 4.78 is 14.0. The standard InChI is InChI=1S/C13H12FN5O/c1-8-11(6-15)13(16)19(18-8)7-12(20)17-10-4-2-9(14)3-5-10/h2-5H,7,16H2,1H3,(H,17,20). The predicted molar refractivity (Wildman–Crippen MR) is 71.1 cm³/mol.